The fraction of sp³-hybridized carbons (Fsp3) is 0.400. The summed E-state index contributed by atoms with van der Waals surface area (Å²) in [7, 11) is 1.74. The number of fused-ring (bicyclic) bond motifs is 2. The van der Waals surface area contributed by atoms with E-state index in [0.29, 0.717) is 18.9 Å². The largest absolute Gasteiger partial charge is 0.487 e. The van der Waals surface area contributed by atoms with Crippen LogP contribution in [0, 0.1) is 13.8 Å². The van der Waals surface area contributed by atoms with Crippen molar-refractivity contribution < 1.29 is 4.74 Å². The molecule has 3 aromatic rings. The first-order valence-corrected chi connectivity index (χ1v) is 8.96. The second-order valence-corrected chi connectivity index (χ2v) is 7.15. The Morgan fingerprint density at radius 3 is 2.42 bits per heavy atom. The third-order valence-electron chi connectivity index (χ3n) is 5.43. The van der Waals surface area contributed by atoms with Crippen LogP contribution in [0.4, 0.5) is 0 Å². The van der Waals surface area contributed by atoms with Crippen LogP contribution in [-0.4, -0.2) is 22.3 Å². The summed E-state index contributed by atoms with van der Waals surface area (Å²) in [6, 6.07) is 5.36. The molecule has 0 saturated heterocycles. The predicted octanol–water partition coefficient (Wildman–Crippen LogP) is 2.14. The number of nitrogens with two attached hydrogens (primary N) is 1. The van der Waals surface area contributed by atoms with Gasteiger partial charge in [0.05, 0.1) is 17.1 Å². The Morgan fingerprint density at radius 2 is 1.73 bits per heavy atom. The number of benzene rings is 1. The highest BCUT2D eigenvalue weighted by Gasteiger charge is 2.27. The lowest BCUT2D eigenvalue weighted by Crippen LogP contribution is -2.33. The molecule has 4 rings (SSSR count). The van der Waals surface area contributed by atoms with Gasteiger partial charge in [0.25, 0.3) is 11.1 Å². The maximum atomic E-state index is 12.8. The van der Waals surface area contributed by atoms with Crippen LogP contribution < -0.4 is 21.6 Å². The third kappa shape index (κ3) is 2.29. The minimum absolute atomic E-state index is 0.0291. The number of hydrogen-bond donors (Lipinski definition) is 1. The minimum Gasteiger partial charge on any atom is -0.487 e. The third-order valence-corrected chi connectivity index (χ3v) is 5.43. The molecule has 26 heavy (non-hydrogen) atoms. The quantitative estimate of drug-likeness (QED) is 0.732. The Kier molecular flexibility index (Phi) is 3.88. The van der Waals surface area contributed by atoms with Crippen molar-refractivity contribution in [1.29, 1.82) is 0 Å². The Labute approximate surface area is 150 Å². The molecule has 2 N–H and O–H groups in total. The van der Waals surface area contributed by atoms with Gasteiger partial charge in [-0.15, -0.1) is 0 Å². The van der Waals surface area contributed by atoms with E-state index in [1.807, 2.05) is 18.4 Å². The van der Waals surface area contributed by atoms with Crippen LogP contribution in [0.15, 0.2) is 27.8 Å². The molecule has 1 atom stereocenters. The molecule has 0 amide bonds. The summed E-state index contributed by atoms with van der Waals surface area (Å²) >= 11 is 0. The van der Waals surface area contributed by atoms with E-state index in [1.165, 1.54) is 0 Å². The number of hydrogen-bond acceptors (Lipinski definition) is 4. The number of nitrogens with zero attached hydrogens (tertiary/aromatic N) is 2. The monoisotopic (exact) mass is 353 g/mol. The highest BCUT2D eigenvalue weighted by atomic mass is 16.5. The van der Waals surface area contributed by atoms with Crippen LogP contribution in [0.25, 0.3) is 21.8 Å². The van der Waals surface area contributed by atoms with Crippen LogP contribution in [0.2, 0.25) is 0 Å². The molecular weight excluding hydrogens is 330 g/mol. The predicted molar refractivity (Wildman–Crippen MR) is 103 cm³/mol. The zero-order valence-corrected chi connectivity index (χ0v) is 15.3. The number of rotatable bonds is 3. The summed E-state index contributed by atoms with van der Waals surface area (Å²) in [5.74, 6) is 0.630. The molecule has 0 saturated carbocycles. The van der Waals surface area contributed by atoms with Gasteiger partial charge in [0.2, 0.25) is 0 Å². The van der Waals surface area contributed by atoms with Gasteiger partial charge in [-0.1, -0.05) is 0 Å². The highest BCUT2D eigenvalue weighted by molar-refractivity contribution is 6.04. The van der Waals surface area contributed by atoms with Crippen LogP contribution in [0.1, 0.15) is 30.0 Å². The SMILES string of the molecule is Cc1cc(=O)n(C)c2c3c4c(cc12)c(C)cc(=O)n4C(CCCN)CO3. The van der Waals surface area contributed by atoms with E-state index < -0.39 is 0 Å². The second kappa shape index (κ2) is 5.99. The van der Waals surface area contributed by atoms with Gasteiger partial charge in [-0.2, -0.15) is 0 Å². The number of aryl methyl sites for hydroxylation is 3. The van der Waals surface area contributed by atoms with E-state index in [1.54, 1.807) is 23.7 Å². The summed E-state index contributed by atoms with van der Waals surface area (Å²) in [6.45, 7) is 4.86. The van der Waals surface area contributed by atoms with Crippen molar-refractivity contribution in [2.45, 2.75) is 32.7 Å². The van der Waals surface area contributed by atoms with Crippen molar-refractivity contribution in [1.82, 2.24) is 9.13 Å². The first kappa shape index (κ1) is 16.8. The van der Waals surface area contributed by atoms with Crippen molar-refractivity contribution in [2.24, 2.45) is 12.8 Å². The van der Waals surface area contributed by atoms with Crippen molar-refractivity contribution in [3.8, 4) is 5.75 Å². The van der Waals surface area contributed by atoms with Crippen LogP contribution >= 0.6 is 0 Å². The lowest BCUT2D eigenvalue weighted by atomic mass is 10.00. The fourth-order valence-corrected chi connectivity index (χ4v) is 4.04. The van der Waals surface area contributed by atoms with Crippen LogP contribution in [0.5, 0.6) is 5.75 Å². The average Bonchev–Trinajstić information content (AvgIpc) is 2.61. The number of pyridine rings is 2. The molecule has 0 spiro atoms. The van der Waals surface area contributed by atoms with E-state index >= 15 is 0 Å². The van der Waals surface area contributed by atoms with E-state index in [2.05, 4.69) is 6.07 Å². The van der Waals surface area contributed by atoms with Crippen LogP contribution in [0.3, 0.4) is 0 Å². The molecule has 1 aliphatic heterocycles. The Morgan fingerprint density at radius 1 is 1.08 bits per heavy atom. The van der Waals surface area contributed by atoms with Crippen LogP contribution in [-0.2, 0) is 7.05 Å². The summed E-state index contributed by atoms with van der Waals surface area (Å²) in [5, 5.41) is 1.97. The van der Waals surface area contributed by atoms with E-state index in [0.717, 1.165) is 45.8 Å². The second-order valence-electron chi connectivity index (χ2n) is 7.15. The average molecular weight is 353 g/mol. The van der Waals surface area contributed by atoms with Crippen molar-refractivity contribution in [3.05, 3.63) is 50.0 Å². The lowest BCUT2D eigenvalue weighted by Gasteiger charge is -2.30. The van der Waals surface area contributed by atoms with E-state index in [4.69, 9.17) is 10.5 Å². The molecule has 6 nitrogen and oxygen atoms in total. The van der Waals surface area contributed by atoms with Crippen molar-refractivity contribution in [3.63, 3.8) is 0 Å². The molecule has 1 aromatic carbocycles. The normalized spacial score (nSPS) is 16.2. The summed E-state index contributed by atoms with van der Waals surface area (Å²) in [6.07, 6.45) is 1.62. The molecular formula is C20H23N3O3. The van der Waals surface area contributed by atoms with Gasteiger partial charge < -0.3 is 15.0 Å². The van der Waals surface area contributed by atoms with Gasteiger partial charge in [-0.25, -0.2) is 0 Å². The molecule has 0 fully saturated rings. The zero-order valence-electron chi connectivity index (χ0n) is 15.3. The van der Waals surface area contributed by atoms with Gasteiger partial charge in [0.15, 0.2) is 5.75 Å². The standard InChI is InChI=1S/C20H23N3O3/c1-11-7-16(24)22(3)18-14(11)9-15-12(2)8-17(25)23-13(5-4-6-21)10-26-20(18)19(15)23/h7-9,13H,4-6,10,21H2,1-3H3. The fourth-order valence-electron chi connectivity index (χ4n) is 4.04. The molecule has 1 unspecified atom stereocenters. The molecule has 6 heteroatoms. The molecule has 0 bridgehead atoms. The Hall–Kier alpha value is -2.60. The Bertz CT molecular complexity index is 1160. The Balaban J connectivity index is 2.20. The summed E-state index contributed by atoms with van der Waals surface area (Å²) in [5.41, 5.74) is 8.91. The van der Waals surface area contributed by atoms with E-state index in [-0.39, 0.29) is 17.2 Å². The topological polar surface area (TPSA) is 79.2 Å². The zero-order chi connectivity index (χ0) is 18.6. The van der Waals surface area contributed by atoms with Gasteiger partial charge >= 0.3 is 0 Å². The van der Waals surface area contributed by atoms with Gasteiger partial charge in [-0.05, 0) is 50.4 Å². The smallest absolute Gasteiger partial charge is 0.251 e. The molecule has 0 radical (unpaired) electrons. The summed E-state index contributed by atoms with van der Waals surface area (Å²) < 4.78 is 9.60. The van der Waals surface area contributed by atoms with Crippen molar-refractivity contribution >= 4 is 21.8 Å². The molecule has 136 valence electrons. The first-order valence-electron chi connectivity index (χ1n) is 8.96. The maximum Gasteiger partial charge on any atom is 0.251 e. The maximum absolute atomic E-state index is 12.8. The molecule has 1 aliphatic rings. The molecule has 0 aliphatic carbocycles. The number of aromatic nitrogens is 2. The highest BCUT2D eigenvalue weighted by Crippen LogP contribution is 2.40. The van der Waals surface area contributed by atoms with E-state index in [9.17, 15) is 9.59 Å². The summed E-state index contributed by atoms with van der Waals surface area (Å²) in [4.78, 5) is 25.1. The minimum atomic E-state index is -0.0824. The van der Waals surface area contributed by atoms with Crippen molar-refractivity contribution in [2.75, 3.05) is 13.2 Å². The molecule has 3 heterocycles. The van der Waals surface area contributed by atoms with Gasteiger partial charge in [0.1, 0.15) is 6.61 Å². The first-order chi connectivity index (χ1) is 12.4. The van der Waals surface area contributed by atoms with Gasteiger partial charge in [0, 0.05) is 30.0 Å². The number of ether oxygens (including phenoxy) is 1. The van der Waals surface area contributed by atoms with Gasteiger partial charge in [-0.3, -0.25) is 14.2 Å². The molecule has 2 aromatic heterocycles. The lowest BCUT2D eigenvalue weighted by molar-refractivity contribution is 0.225.